The molecule has 1 atom stereocenters. The number of fused-ring (bicyclic) bond motifs is 1. The molecule has 2 heterocycles. The lowest BCUT2D eigenvalue weighted by Crippen LogP contribution is -2.33. The van der Waals surface area contributed by atoms with Crippen LogP contribution in [0.15, 0.2) is 65.0 Å². The van der Waals surface area contributed by atoms with E-state index < -0.39 is 6.04 Å². The summed E-state index contributed by atoms with van der Waals surface area (Å²) in [4.78, 5) is 31.9. The average molecular weight is 466 g/mol. The van der Waals surface area contributed by atoms with Crippen LogP contribution in [0.5, 0.6) is 0 Å². The Kier molecular flexibility index (Phi) is 6.44. The molecule has 164 valence electrons. The Morgan fingerprint density at radius 2 is 1.88 bits per heavy atom. The number of benzene rings is 2. The van der Waals surface area contributed by atoms with Gasteiger partial charge in [-0.05, 0) is 41.7 Å². The Morgan fingerprint density at radius 1 is 1.16 bits per heavy atom. The Morgan fingerprint density at radius 3 is 2.56 bits per heavy atom. The van der Waals surface area contributed by atoms with Crippen LogP contribution < -0.4 is 10.9 Å². The molecule has 0 saturated carbocycles. The van der Waals surface area contributed by atoms with Gasteiger partial charge in [-0.2, -0.15) is 0 Å². The number of hydrogen-bond acceptors (Lipinski definition) is 4. The van der Waals surface area contributed by atoms with E-state index in [4.69, 9.17) is 11.6 Å². The normalized spacial score (nSPS) is 12.3. The predicted molar refractivity (Wildman–Crippen MR) is 133 cm³/mol. The molecule has 0 radical (unpaired) electrons. The fraction of sp³-hybridized carbons (Fsp3) is 0.240. The average Bonchev–Trinajstić information content (AvgIpc) is 3.21. The molecule has 1 amide bonds. The molecule has 0 fully saturated rings. The molecule has 0 bridgehead atoms. The van der Waals surface area contributed by atoms with Gasteiger partial charge in [0.05, 0.1) is 11.7 Å². The van der Waals surface area contributed by atoms with Crippen molar-refractivity contribution in [2.75, 3.05) is 5.32 Å². The van der Waals surface area contributed by atoms with Crippen molar-refractivity contribution in [2.24, 2.45) is 0 Å². The number of para-hydroxylation sites is 1. The summed E-state index contributed by atoms with van der Waals surface area (Å²) in [5, 5.41) is 6.10. The monoisotopic (exact) mass is 465 g/mol. The summed E-state index contributed by atoms with van der Waals surface area (Å²) in [7, 11) is 0. The van der Waals surface area contributed by atoms with Crippen molar-refractivity contribution in [3.63, 3.8) is 0 Å². The summed E-state index contributed by atoms with van der Waals surface area (Å²) in [6.45, 7) is 6.06. The summed E-state index contributed by atoms with van der Waals surface area (Å²) in [6.07, 6.45) is 1.94. The summed E-state index contributed by atoms with van der Waals surface area (Å²) in [5.41, 5.74) is 3.29. The number of thiophene rings is 1. The van der Waals surface area contributed by atoms with Crippen LogP contribution in [0.1, 0.15) is 44.7 Å². The minimum Gasteiger partial charge on any atom is -0.324 e. The molecule has 0 aliphatic carbocycles. The second-order valence-electron chi connectivity index (χ2n) is 7.95. The van der Waals surface area contributed by atoms with E-state index in [0.717, 1.165) is 22.4 Å². The van der Waals surface area contributed by atoms with Gasteiger partial charge in [-0.15, -0.1) is 11.3 Å². The lowest BCUT2D eigenvalue weighted by atomic mass is 10.0. The van der Waals surface area contributed by atoms with Crippen LogP contribution in [0.4, 0.5) is 5.69 Å². The molecular weight excluding hydrogens is 442 g/mol. The molecular formula is C25H24ClN3O2S. The highest BCUT2D eigenvalue weighted by molar-refractivity contribution is 7.17. The van der Waals surface area contributed by atoms with E-state index in [9.17, 15) is 9.59 Å². The van der Waals surface area contributed by atoms with Crippen molar-refractivity contribution >= 4 is 44.7 Å². The molecule has 1 N–H and O–H groups in total. The number of nitrogens with one attached hydrogen (secondary N) is 1. The molecule has 5 nitrogen and oxygen atoms in total. The lowest BCUT2D eigenvalue weighted by molar-refractivity contribution is -0.119. The van der Waals surface area contributed by atoms with Gasteiger partial charge < -0.3 is 5.32 Å². The van der Waals surface area contributed by atoms with Crippen LogP contribution in [0.25, 0.3) is 21.3 Å². The van der Waals surface area contributed by atoms with Crippen molar-refractivity contribution in [2.45, 2.75) is 39.2 Å². The first-order valence-corrected chi connectivity index (χ1v) is 11.8. The van der Waals surface area contributed by atoms with Crippen LogP contribution in [0.2, 0.25) is 5.02 Å². The molecule has 0 aliphatic heterocycles. The van der Waals surface area contributed by atoms with Crippen LogP contribution in [-0.4, -0.2) is 15.5 Å². The van der Waals surface area contributed by atoms with E-state index in [1.807, 2.05) is 48.7 Å². The van der Waals surface area contributed by atoms with E-state index in [1.54, 1.807) is 12.1 Å². The SMILES string of the molecule is CCC(C(=O)Nc1ccccc1C(C)C)n1cnc2scc(-c3ccc(Cl)cc3)c2c1=O. The first-order chi connectivity index (χ1) is 15.4. The number of anilines is 1. The molecule has 1 unspecified atom stereocenters. The van der Waals surface area contributed by atoms with Crippen molar-refractivity contribution in [3.05, 3.63) is 81.2 Å². The number of rotatable bonds is 6. The van der Waals surface area contributed by atoms with Gasteiger partial charge in [0.2, 0.25) is 5.91 Å². The van der Waals surface area contributed by atoms with Gasteiger partial charge >= 0.3 is 0 Å². The van der Waals surface area contributed by atoms with Crippen LogP contribution in [-0.2, 0) is 4.79 Å². The van der Waals surface area contributed by atoms with Gasteiger partial charge in [0.1, 0.15) is 10.9 Å². The first kappa shape index (κ1) is 22.2. The zero-order valence-corrected chi connectivity index (χ0v) is 19.7. The number of halogens is 1. The van der Waals surface area contributed by atoms with Crippen molar-refractivity contribution in [1.82, 2.24) is 9.55 Å². The molecule has 0 aliphatic rings. The lowest BCUT2D eigenvalue weighted by Gasteiger charge is -2.20. The third-order valence-corrected chi connectivity index (χ3v) is 6.68. The van der Waals surface area contributed by atoms with E-state index in [1.165, 1.54) is 22.2 Å². The summed E-state index contributed by atoms with van der Waals surface area (Å²) in [5.74, 6) is 0.0344. The van der Waals surface area contributed by atoms with Gasteiger partial charge in [-0.25, -0.2) is 4.98 Å². The zero-order valence-electron chi connectivity index (χ0n) is 18.1. The Labute approximate surface area is 195 Å². The van der Waals surface area contributed by atoms with Gasteiger partial charge in [-0.1, -0.05) is 62.7 Å². The molecule has 4 rings (SSSR count). The molecule has 2 aromatic carbocycles. The quantitative estimate of drug-likeness (QED) is 0.354. The van der Waals surface area contributed by atoms with Crippen LogP contribution >= 0.6 is 22.9 Å². The minimum atomic E-state index is -0.669. The van der Waals surface area contributed by atoms with Gasteiger partial charge in [0.25, 0.3) is 5.56 Å². The zero-order chi connectivity index (χ0) is 22.8. The number of carbonyl (C=O) groups is 1. The highest BCUT2D eigenvalue weighted by Crippen LogP contribution is 2.32. The molecule has 2 aromatic heterocycles. The van der Waals surface area contributed by atoms with E-state index >= 15 is 0 Å². The second kappa shape index (κ2) is 9.27. The minimum absolute atomic E-state index is 0.222. The topological polar surface area (TPSA) is 64.0 Å². The maximum Gasteiger partial charge on any atom is 0.263 e. The fourth-order valence-corrected chi connectivity index (χ4v) is 4.88. The maximum atomic E-state index is 13.5. The maximum absolute atomic E-state index is 13.5. The Bertz CT molecular complexity index is 1330. The highest BCUT2D eigenvalue weighted by Gasteiger charge is 2.23. The van der Waals surface area contributed by atoms with Gasteiger partial charge in [0.15, 0.2) is 0 Å². The van der Waals surface area contributed by atoms with E-state index in [2.05, 4.69) is 24.1 Å². The van der Waals surface area contributed by atoms with E-state index in [-0.39, 0.29) is 17.4 Å². The molecule has 4 aromatic rings. The Balaban J connectivity index is 1.74. The van der Waals surface area contributed by atoms with Gasteiger partial charge in [-0.3, -0.25) is 14.2 Å². The van der Waals surface area contributed by atoms with Crippen LogP contribution in [0.3, 0.4) is 0 Å². The van der Waals surface area contributed by atoms with Crippen LogP contribution in [0, 0.1) is 0 Å². The highest BCUT2D eigenvalue weighted by atomic mass is 35.5. The number of hydrogen-bond donors (Lipinski definition) is 1. The molecule has 7 heteroatoms. The van der Waals surface area contributed by atoms with Crippen molar-refractivity contribution in [3.8, 4) is 11.1 Å². The van der Waals surface area contributed by atoms with E-state index in [0.29, 0.717) is 21.7 Å². The third-order valence-electron chi connectivity index (χ3n) is 5.54. The van der Waals surface area contributed by atoms with Crippen molar-refractivity contribution in [1.29, 1.82) is 0 Å². The summed E-state index contributed by atoms with van der Waals surface area (Å²) >= 11 is 7.43. The number of nitrogens with zero attached hydrogens (tertiary/aromatic N) is 2. The summed E-state index contributed by atoms with van der Waals surface area (Å²) in [6, 6.07) is 14.4. The van der Waals surface area contributed by atoms with Gasteiger partial charge in [0, 0.05) is 21.7 Å². The molecule has 0 spiro atoms. The summed E-state index contributed by atoms with van der Waals surface area (Å²) < 4.78 is 1.45. The number of aromatic nitrogens is 2. The number of amides is 1. The van der Waals surface area contributed by atoms with Crippen molar-refractivity contribution < 1.29 is 4.79 Å². The standard InChI is InChI=1S/C25H24ClN3O2S/c1-4-21(23(30)28-20-8-6-5-7-18(20)15(2)3)29-14-27-24-22(25(29)31)19(13-32-24)16-9-11-17(26)12-10-16/h5-15,21H,4H2,1-3H3,(H,28,30). The molecule has 0 saturated heterocycles. The largest absolute Gasteiger partial charge is 0.324 e. The fourth-order valence-electron chi connectivity index (χ4n) is 3.85. The smallest absolute Gasteiger partial charge is 0.263 e. The predicted octanol–water partition coefficient (Wildman–Crippen LogP) is 6.49. The molecule has 32 heavy (non-hydrogen) atoms. The second-order valence-corrected chi connectivity index (χ2v) is 9.24. The first-order valence-electron chi connectivity index (χ1n) is 10.5. The Hall–Kier alpha value is -2.96. The third kappa shape index (κ3) is 4.20. The number of carbonyl (C=O) groups excluding carboxylic acids is 1.